The lowest BCUT2D eigenvalue weighted by atomic mass is 10.0. The molecule has 0 fully saturated rings. The van der Waals surface area contributed by atoms with Crippen LogP contribution in [0.4, 0.5) is 5.69 Å². The zero-order chi connectivity index (χ0) is 14.2. The van der Waals surface area contributed by atoms with E-state index in [2.05, 4.69) is 9.72 Å². The van der Waals surface area contributed by atoms with E-state index in [9.17, 15) is 14.4 Å². The lowest BCUT2D eigenvalue weighted by Gasteiger charge is -2.08. The van der Waals surface area contributed by atoms with Crippen molar-refractivity contribution in [3.8, 4) is 0 Å². The van der Waals surface area contributed by atoms with Gasteiger partial charge in [0.15, 0.2) is 11.5 Å². The molecule has 0 aliphatic heterocycles. The summed E-state index contributed by atoms with van der Waals surface area (Å²) >= 11 is 0. The Kier molecular flexibility index (Phi) is 3.08. The second-order valence-corrected chi connectivity index (χ2v) is 4.02. The molecule has 0 radical (unpaired) electrons. The van der Waals surface area contributed by atoms with Crippen molar-refractivity contribution in [3.63, 3.8) is 0 Å². The number of nitrogen functional groups attached to an aromatic ring is 1. The predicted octanol–water partition coefficient (Wildman–Crippen LogP) is 1.10. The quantitative estimate of drug-likeness (QED) is 0.621. The van der Waals surface area contributed by atoms with Crippen LogP contribution in [0.2, 0.25) is 0 Å². The van der Waals surface area contributed by atoms with Crippen molar-refractivity contribution < 1.29 is 14.3 Å². The predicted molar refractivity (Wildman–Crippen MR) is 70.3 cm³/mol. The smallest absolute Gasteiger partial charge is 0.356 e. The Morgan fingerprint density at radius 1 is 1.32 bits per heavy atom. The maximum atomic E-state index is 12.2. The third kappa shape index (κ3) is 1.97. The number of aromatic amines is 1. The highest BCUT2D eigenvalue weighted by Gasteiger charge is 2.18. The number of fused-ring (bicyclic) bond motifs is 1. The molecule has 0 saturated heterocycles. The zero-order valence-electron chi connectivity index (χ0n) is 10.4. The molecule has 0 amide bonds. The molecule has 1 heterocycles. The minimum absolute atomic E-state index is 0.110. The van der Waals surface area contributed by atoms with Gasteiger partial charge in [0.05, 0.1) is 18.0 Å². The van der Waals surface area contributed by atoms with E-state index in [0.29, 0.717) is 5.52 Å². The Bertz CT molecular complexity index is 746. The second kappa shape index (κ2) is 4.56. The van der Waals surface area contributed by atoms with Crippen LogP contribution in [0.1, 0.15) is 27.8 Å². The first-order valence-electron chi connectivity index (χ1n) is 5.51. The molecular weight excluding hydrogens is 248 g/mol. The maximum Gasteiger partial charge on any atom is 0.356 e. The molecule has 6 heteroatoms. The number of methoxy groups -OCH3 is 1. The number of ketones is 1. The van der Waals surface area contributed by atoms with Crippen molar-refractivity contribution in [2.24, 2.45) is 0 Å². The van der Waals surface area contributed by atoms with Crippen molar-refractivity contribution in [1.82, 2.24) is 4.98 Å². The molecule has 2 rings (SSSR count). The first-order valence-corrected chi connectivity index (χ1v) is 5.51. The minimum Gasteiger partial charge on any atom is -0.464 e. The van der Waals surface area contributed by atoms with Crippen LogP contribution in [0.5, 0.6) is 0 Å². The fraction of sp³-hybridized carbons (Fsp3) is 0.154. The van der Waals surface area contributed by atoms with Crippen molar-refractivity contribution in [2.75, 3.05) is 12.8 Å². The number of anilines is 1. The Balaban J connectivity index is 2.92. The van der Waals surface area contributed by atoms with Crippen molar-refractivity contribution in [2.45, 2.75) is 6.92 Å². The first kappa shape index (κ1) is 12.8. The summed E-state index contributed by atoms with van der Waals surface area (Å²) in [5.74, 6) is -0.981. The van der Waals surface area contributed by atoms with Crippen LogP contribution in [-0.4, -0.2) is 23.8 Å². The molecule has 98 valence electrons. The van der Waals surface area contributed by atoms with Gasteiger partial charge in [-0.25, -0.2) is 4.79 Å². The Hall–Kier alpha value is -2.63. The van der Waals surface area contributed by atoms with Crippen LogP contribution < -0.4 is 11.2 Å². The van der Waals surface area contributed by atoms with Gasteiger partial charge in [0.25, 0.3) is 0 Å². The summed E-state index contributed by atoms with van der Waals surface area (Å²) in [4.78, 5) is 37.9. The summed E-state index contributed by atoms with van der Waals surface area (Å²) in [6.07, 6.45) is 0. The molecular formula is C13H12N2O4. The van der Waals surface area contributed by atoms with Crippen LogP contribution in [0.3, 0.4) is 0 Å². The van der Waals surface area contributed by atoms with Crippen LogP contribution in [-0.2, 0) is 4.74 Å². The molecule has 2 aromatic rings. The van der Waals surface area contributed by atoms with Gasteiger partial charge in [-0.2, -0.15) is 0 Å². The van der Waals surface area contributed by atoms with Gasteiger partial charge in [-0.3, -0.25) is 9.59 Å². The number of aromatic nitrogens is 1. The molecule has 0 aliphatic carbocycles. The molecule has 0 bridgehead atoms. The number of carbonyl (C=O) groups excluding carboxylic acids is 2. The van der Waals surface area contributed by atoms with Gasteiger partial charge >= 0.3 is 5.97 Å². The lowest BCUT2D eigenvalue weighted by Crippen LogP contribution is -2.19. The van der Waals surface area contributed by atoms with E-state index in [1.54, 1.807) is 12.1 Å². The Labute approximate surface area is 108 Å². The number of ether oxygens (including phenoxy) is 1. The van der Waals surface area contributed by atoms with Crippen LogP contribution in [0.25, 0.3) is 10.9 Å². The van der Waals surface area contributed by atoms with E-state index in [-0.39, 0.29) is 28.1 Å². The molecule has 0 atom stereocenters. The second-order valence-electron chi connectivity index (χ2n) is 4.02. The van der Waals surface area contributed by atoms with Gasteiger partial charge in [-0.15, -0.1) is 0 Å². The highest BCUT2D eigenvalue weighted by atomic mass is 16.5. The molecule has 19 heavy (non-hydrogen) atoms. The fourth-order valence-corrected chi connectivity index (χ4v) is 1.91. The molecule has 0 aliphatic rings. The summed E-state index contributed by atoms with van der Waals surface area (Å²) in [6, 6.07) is 4.75. The fourth-order valence-electron chi connectivity index (χ4n) is 1.91. The third-order valence-electron chi connectivity index (χ3n) is 2.83. The Morgan fingerprint density at radius 2 is 2.00 bits per heavy atom. The largest absolute Gasteiger partial charge is 0.464 e. The van der Waals surface area contributed by atoms with Gasteiger partial charge < -0.3 is 15.5 Å². The third-order valence-corrected chi connectivity index (χ3v) is 2.83. The summed E-state index contributed by atoms with van der Waals surface area (Å²) in [7, 11) is 1.19. The number of pyridine rings is 1. The van der Waals surface area contributed by atoms with Gasteiger partial charge in [-0.05, 0) is 13.0 Å². The number of hydrogen-bond acceptors (Lipinski definition) is 5. The van der Waals surface area contributed by atoms with Gasteiger partial charge in [0.1, 0.15) is 5.69 Å². The summed E-state index contributed by atoms with van der Waals surface area (Å²) in [5.41, 5.74) is 5.35. The number of nitrogens with one attached hydrogen (secondary N) is 1. The highest BCUT2D eigenvalue weighted by molar-refractivity contribution is 6.08. The topological polar surface area (TPSA) is 102 Å². The molecule has 6 nitrogen and oxygen atoms in total. The van der Waals surface area contributed by atoms with Crippen LogP contribution >= 0.6 is 0 Å². The van der Waals surface area contributed by atoms with Crippen molar-refractivity contribution >= 4 is 28.3 Å². The van der Waals surface area contributed by atoms with E-state index < -0.39 is 11.4 Å². The van der Waals surface area contributed by atoms with E-state index in [4.69, 9.17) is 5.73 Å². The first-order chi connectivity index (χ1) is 8.97. The van der Waals surface area contributed by atoms with E-state index in [1.165, 1.54) is 20.1 Å². The standard InChI is InChI=1S/C13H12N2O4/c1-6(16)7-4-3-5-8-9(7)12(17)10(14)11(15-8)13(18)19-2/h3-5H,14H2,1-2H3,(H,15,17). The number of benzene rings is 1. The van der Waals surface area contributed by atoms with Gasteiger partial charge in [-0.1, -0.05) is 12.1 Å². The number of hydrogen-bond donors (Lipinski definition) is 2. The number of esters is 1. The highest BCUT2D eigenvalue weighted by Crippen LogP contribution is 2.18. The van der Waals surface area contributed by atoms with Crippen LogP contribution in [0.15, 0.2) is 23.0 Å². The molecule has 1 aromatic heterocycles. The maximum absolute atomic E-state index is 12.2. The number of Topliss-reactive ketones (excluding diaryl/α,β-unsaturated/α-hetero) is 1. The van der Waals surface area contributed by atoms with Crippen LogP contribution in [0, 0.1) is 0 Å². The SMILES string of the molecule is COC(=O)c1[nH]c2cccc(C(C)=O)c2c(=O)c1N. The molecule has 0 saturated carbocycles. The molecule has 1 aromatic carbocycles. The average molecular weight is 260 g/mol. The molecule has 3 N–H and O–H groups in total. The monoisotopic (exact) mass is 260 g/mol. The number of rotatable bonds is 2. The van der Waals surface area contributed by atoms with Gasteiger partial charge in [0, 0.05) is 5.56 Å². The summed E-state index contributed by atoms with van der Waals surface area (Å²) in [6.45, 7) is 1.36. The Morgan fingerprint density at radius 3 is 2.58 bits per heavy atom. The zero-order valence-corrected chi connectivity index (χ0v) is 10.4. The molecule has 0 spiro atoms. The number of carbonyl (C=O) groups is 2. The van der Waals surface area contributed by atoms with E-state index in [1.807, 2.05) is 0 Å². The molecule has 0 unspecified atom stereocenters. The number of H-pyrrole nitrogens is 1. The summed E-state index contributed by atoms with van der Waals surface area (Å²) < 4.78 is 4.54. The van der Waals surface area contributed by atoms with E-state index >= 15 is 0 Å². The minimum atomic E-state index is -0.732. The van der Waals surface area contributed by atoms with Crippen molar-refractivity contribution in [3.05, 3.63) is 39.7 Å². The van der Waals surface area contributed by atoms with Crippen molar-refractivity contribution in [1.29, 1.82) is 0 Å². The normalized spacial score (nSPS) is 10.4. The lowest BCUT2D eigenvalue weighted by molar-refractivity contribution is 0.0595. The van der Waals surface area contributed by atoms with Gasteiger partial charge in [0.2, 0.25) is 5.43 Å². The number of nitrogens with two attached hydrogens (primary N) is 1. The average Bonchev–Trinajstić information content (AvgIpc) is 2.41. The van der Waals surface area contributed by atoms with E-state index in [0.717, 1.165) is 0 Å². The summed E-state index contributed by atoms with van der Waals surface area (Å²) in [5, 5.41) is 0.181.